The summed E-state index contributed by atoms with van der Waals surface area (Å²) in [6.07, 6.45) is 4.13. The molecule has 0 radical (unpaired) electrons. The maximum Gasteiger partial charge on any atom is 0.313 e. The van der Waals surface area contributed by atoms with E-state index in [9.17, 15) is 9.59 Å². The monoisotopic (exact) mass is 311 g/mol. The minimum absolute atomic E-state index is 0.491. The fourth-order valence-corrected chi connectivity index (χ4v) is 2.18. The number of likely N-dealkylation sites (N-methyl/N-ethyl adjacent to an activating group) is 1. The van der Waals surface area contributed by atoms with Crippen molar-refractivity contribution in [3.8, 4) is 0 Å². The molecule has 1 N–H and O–H groups in total. The molecule has 5 heteroatoms. The van der Waals surface area contributed by atoms with Gasteiger partial charge in [-0.15, -0.1) is 0 Å². The molecular weight excluding hydrogens is 290 g/mol. The zero-order valence-electron chi connectivity index (χ0n) is 13.5. The van der Waals surface area contributed by atoms with Crippen LogP contribution >= 0.6 is 0 Å². The first-order valence-electron chi connectivity index (χ1n) is 7.66. The van der Waals surface area contributed by atoms with Crippen molar-refractivity contribution in [3.05, 3.63) is 59.9 Å². The van der Waals surface area contributed by atoms with Crippen LogP contribution in [0.5, 0.6) is 0 Å². The summed E-state index contributed by atoms with van der Waals surface area (Å²) in [5.41, 5.74) is 2.81. The number of carbonyl (C=O) groups excluding carboxylic acids is 2. The standard InChI is InChI=1S/C18H21N3O2/c1-3-21(13-10-15-8-11-19-12-9-15)18(23)17(22)20-16-6-4-14(2)5-7-16/h4-9,11-12H,3,10,13H2,1-2H3,(H,20,22). The second-order valence-corrected chi connectivity index (χ2v) is 5.31. The van der Waals surface area contributed by atoms with Gasteiger partial charge in [0.2, 0.25) is 0 Å². The first kappa shape index (κ1) is 16.7. The molecule has 5 nitrogen and oxygen atoms in total. The predicted molar refractivity (Wildman–Crippen MR) is 90.0 cm³/mol. The van der Waals surface area contributed by atoms with E-state index in [1.165, 1.54) is 0 Å². The Balaban J connectivity index is 1.93. The van der Waals surface area contributed by atoms with Crippen molar-refractivity contribution in [2.45, 2.75) is 20.3 Å². The molecule has 0 saturated heterocycles. The number of amides is 2. The number of nitrogens with one attached hydrogen (secondary N) is 1. The third-order valence-corrected chi connectivity index (χ3v) is 3.59. The number of aryl methyl sites for hydroxylation is 1. The smallest absolute Gasteiger partial charge is 0.313 e. The molecule has 120 valence electrons. The van der Waals surface area contributed by atoms with Gasteiger partial charge >= 0.3 is 11.8 Å². The highest BCUT2D eigenvalue weighted by Gasteiger charge is 2.20. The van der Waals surface area contributed by atoms with Crippen LogP contribution < -0.4 is 5.32 Å². The van der Waals surface area contributed by atoms with Crippen LogP contribution in [0.2, 0.25) is 0 Å². The van der Waals surface area contributed by atoms with Crippen LogP contribution in [0.15, 0.2) is 48.8 Å². The zero-order valence-corrected chi connectivity index (χ0v) is 13.5. The van der Waals surface area contributed by atoms with Crippen molar-refractivity contribution < 1.29 is 9.59 Å². The number of hydrogen-bond donors (Lipinski definition) is 1. The summed E-state index contributed by atoms with van der Waals surface area (Å²) >= 11 is 0. The molecule has 2 amide bonds. The van der Waals surface area contributed by atoms with Crippen molar-refractivity contribution in [3.63, 3.8) is 0 Å². The highest BCUT2D eigenvalue weighted by molar-refractivity contribution is 6.39. The topological polar surface area (TPSA) is 62.3 Å². The summed E-state index contributed by atoms with van der Waals surface area (Å²) in [6, 6.07) is 11.2. The quantitative estimate of drug-likeness (QED) is 0.863. The molecule has 0 unspecified atom stereocenters. The van der Waals surface area contributed by atoms with Gasteiger partial charge in [0, 0.05) is 31.2 Å². The van der Waals surface area contributed by atoms with Crippen LogP contribution in [0.3, 0.4) is 0 Å². The second kappa shape index (κ2) is 8.08. The number of hydrogen-bond acceptors (Lipinski definition) is 3. The van der Waals surface area contributed by atoms with E-state index in [4.69, 9.17) is 0 Å². The van der Waals surface area contributed by atoms with E-state index in [0.29, 0.717) is 25.2 Å². The molecule has 23 heavy (non-hydrogen) atoms. The van der Waals surface area contributed by atoms with Crippen molar-refractivity contribution >= 4 is 17.5 Å². The van der Waals surface area contributed by atoms with Crippen molar-refractivity contribution in [1.82, 2.24) is 9.88 Å². The molecule has 0 aliphatic rings. The summed E-state index contributed by atoms with van der Waals surface area (Å²) in [6.45, 7) is 4.82. The predicted octanol–water partition coefficient (Wildman–Crippen LogP) is 2.42. The molecule has 0 saturated carbocycles. The Morgan fingerprint density at radius 2 is 1.74 bits per heavy atom. The third kappa shape index (κ3) is 4.92. The SMILES string of the molecule is CCN(CCc1ccncc1)C(=O)C(=O)Nc1ccc(C)cc1. The molecule has 0 bridgehead atoms. The molecule has 1 aromatic heterocycles. The van der Waals surface area contributed by atoms with Gasteiger partial charge in [-0.05, 0) is 50.1 Å². The maximum atomic E-state index is 12.3. The number of carbonyl (C=O) groups is 2. The average Bonchev–Trinajstić information content (AvgIpc) is 2.58. The number of pyridine rings is 1. The minimum atomic E-state index is -0.606. The molecule has 2 aromatic rings. The van der Waals surface area contributed by atoms with Crippen LogP contribution in [0, 0.1) is 6.92 Å². The van der Waals surface area contributed by atoms with E-state index in [1.54, 1.807) is 29.4 Å². The Bertz CT molecular complexity index is 654. The van der Waals surface area contributed by atoms with Crippen molar-refractivity contribution in [1.29, 1.82) is 0 Å². The van der Waals surface area contributed by atoms with Gasteiger partial charge in [0.15, 0.2) is 0 Å². The summed E-state index contributed by atoms with van der Waals surface area (Å²) < 4.78 is 0. The van der Waals surface area contributed by atoms with Gasteiger partial charge in [-0.1, -0.05) is 17.7 Å². The highest BCUT2D eigenvalue weighted by atomic mass is 16.2. The maximum absolute atomic E-state index is 12.3. The average molecular weight is 311 g/mol. The lowest BCUT2D eigenvalue weighted by Gasteiger charge is -2.20. The first-order valence-corrected chi connectivity index (χ1v) is 7.66. The van der Waals surface area contributed by atoms with E-state index >= 15 is 0 Å². The number of nitrogens with zero attached hydrogens (tertiary/aromatic N) is 2. The van der Waals surface area contributed by atoms with Gasteiger partial charge in [-0.3, -0.25) is 14.6 Å². The van der Waals surface area contributed by atoms with Crippen LogP contribution in [-0.4, -0.2) is 34.8 Å². The molecule has 0 spiro atoms. The first-order chi connectivity index (χ1) is 11.1. The zero-order chi connectivity index (χ0) is 16.7. The molecular formula is C18H21N3O2. The highest BCUT2D eigenvalue weighted by Crippen LogP contribution is 2.09. The third-order valence-electron chi connectivity index (χ3n) is 3.59. The Labute approximate surface area is 136 Å². The Kier molecular flexibility index (Phi) is 5.86. The van der Waals surface area contributed by atoms with Gasteiger partial charge < -0.3 is 10.2 Å². The number of benzene rings is 1. The van der Waals surface area contributed by atoms with E-state index in [-0.39, 0.29) is 0 Å². The number of aromatic nitrogens is 1. The summed E-state index contributed by atoms with van der Waals surface area (Å²) in [5.74, 6) is -1.12. The lowest BCUT2D eigenvalue weighted by atomic mass is 10.2. The summed E-state index contributed by atoms with van der Waals surface area (Å²) in [5, 5.41) is 2.64. The van der Waals surface area contributed by atoms with E-state index in [2.05, 4.69) is 10.3 Å². The van der Waals surface area contributed by atoms with E-state index < -0.39 is 11.8 Å². The fraction of sp³-hybridized carbons (Fsp3) is 0.278. The molecule has 1 aromatic carbocycles. The Morgan fingerprint density at radius 3 is 2.35 bits per heavy atom. The van der Waals surface area contributed by atoms with E-state index in [1.807, 2.05) is 38.1 Å². The van der Waals surface area contributed by atoms with Crippen LogP contribution in [-0.2, 0) is 16.0 Å². The fourth-order valence-electron chi connectivity index (χ4n) is 2.18. The van der Waals surface area contributed by atoms with Gasteiger partial charge in [0.25, 0.3) is 0 Å². The number of rotatable bonds is 5. The van der Waals surface area contributed by atoms with Gasteiger partial charge in [-0.2, -0.15) is 0 Å². The lowest BCUT2D eigenvalue weighted by molar-refractivity contribution is -0.143. The number of anilines is 1. The van der Waals surface area contributed by atoms with Gasteiger partial charge in [0.05, 0.1) is 0 Å². The normalized spacial score (nSPS) is 10.2. The van der Waals surface area contributed by atoms with Crippen LogP contribution in [0.25, 0.3) is 0 Å². The van der Waals surface area contributed by atoms with Crippen LogP contribution in [0.1, 0.15) is 18.1 Å². The second-order valence-electron chi connectivity index (χ2n) is 5.31. The van der Waals surface area contributed by atoms with Crippen molar-refractivity contribution in [2.24, 2.45) is 0 Å². The lowest BCUT2D eigenvalue weighted by Crippen LogP contribution is -2.40. The summed E-state index contributed by atoms with van der Waals surface area (Å²) in [4.78, 5) is 29.9. The van der Waals surface area contributed by atoms with Gasteiger partial charge in [-0.25, -0.2) is 0 Å². The molecule has 0 fully saturated rings. The molecule has 0 aliphatic carbocycles. The summed E-state index contributed by atoms with van der Waals surface area (Å²) in [7, 11) is 0. The minimum Gasteiger partial charge on any atom is -0.334 e. The molecule has 0 aliphatic heterocycles. The van der Waals surface area contributed by atoms with Crippen molar-refractivity contribution in [2.75, 3.05) is 18.4 Å². The Hall–Kier alpha value is -2.69. The van der Waals surface area contributed by atoms with Gasteiger partial charge in [0.1, 0.15) is 0 Å². The molecule has 0 atom stereocenters. The molecule has 2 rings (SSSR count). The Morgan fingerprint density at radius 1 is 1.09 bits per heavy atom. The molecule has 1 heterocycles. The van der Waals surface area contributed by atoms with Crippen LogP contribution in [0.4, 0.5) is 5.69 Å². The largest absolute Gasteiger partial charge is 0.334 e. The van der Waals surface area contributed by atoms with E-state index in [0.717, 1.165) is 11.1 Å².